The van der Waals surface area contributed by atoms with Crippen LogP contribution in [0.25, 0.3) is 0 Å². The highest BCUT2D eigenvalue weighted by Crippen LogP contribution is 2.26. The fourth-order valence-electron chi connectivity index (χ4n) is 3.14. The van der Waals surface area contributed by atoms with Gasteiger partial charge in [0.15, 0.2) is 0 Å². The van der Waals surface area contributed by atoms with E-state index in [1.54, 1.807) is 19.4 Å². The van der Waals surface area contributed by atoms with E-state index in [1.165, 1.54) is 12.4 Å². The zero-order chi connectivity index (χ0) is 17.5. The van der Waals surface area contributed by atoms with Gasteiger partial charge in [0.1, 0.15) is 0 Å². The minimum Gasteiger partial charge on any atom is -0.382 e. The van der Waals surface area contributed by atoms with Crippen LogP contribution in [0, 0.1) is 0 Å². The molecule has 0 N–H and O–H groups in total. The predicted molar refractivity (Wildman–Crippen MR) is 91.0 cm³/mol. The highest BCUT2D eigenvalue weighted by molar-refractivity contribution is 5.94. The number of methoxy groups -OCH3 is 1. The number of rotatable bonds is 7. The number of hydrogen-bond donors (Lipinski definition) is 0. The predicted octanol–water partition coefficient (Wildman–Crippen LogP) is 1.36. The molecule has 2 aromatic heterocycles. The number of amides is 1. The Labute approximate surface area is 147 Å². The van der Waals surface area contributed by atoms with Gasteiger partial charge < -0.3 is 14.4 Å². The van der Waals surface area contributed by atoms with Crippen LogP contribution in [-0.4, -0.2) is 65.0 Å². The minimum atomic E-state index is -0.0402. The van der Waals surface area contributed by atoms with Crippen molar-refractivity contribution >= 4 is 5.91 Å². The van der Waals surface area contributed by atoms with E-state index in [2.05, 4.69) is 15.2 Å². The van der Waals surface area contributed by atoms with E-state index in [0.717, 1.165) is 12.0 Å². The lowest BCUT2D eigenvalue weighted by atomic mass is 10.0. The van der Waals surface area contributed by atoms with Gasteiger partial charge in [0.25, 0.3) is 5.91 Å². The third-order valence-electron chi connectivity index (χ3n) is 4.36. The number of pyridine rings is 1. The first kappa shape index (κ1) is 17.4. The van der Waals surface area contributed by atoms with Gasteiger partial charge in [-0.1, -0.05) is 6.07 Å². The van der Waals surface area contributed by atoms with Crippen molar-refractivity contribution in [1.82, 2.24) is 20.1 Å². The average molecular weight is 342 g/mol. The molecule has 1 saturated heterocycles. The number of nitrogens with zero attached hydrogens (tertiary/aromatic N) is 4. The van der Waals surface area contributed by atoms with Crippen molar-refractivity contribution in [3.8, 4) is 0 Å². The van der Waals surface area contributed by atoms with Crippen LogP contribution in [0.15, 0.2) is 43.0 Å². The molecule has 0 unspecified atom stereocenters. The van der Waals surface area contributed by atoms with Crippen LogP contribution in [0.5, 0.6) is 0 Å². The fourth-order valence-corrected chi connectivity index (χ4v) is 3.14. The first-order valence-corrected chi connectivity index (χ1v) is 8.36. The maximum absolute atomic E-state index is 12.9. The summed E-state index contributed by atoms with van der Waals surface area (Å²) in [5, 5.41) is 7.55. The summed E-state index contributed by atoms with van der Waals surface area (Å²) >= 11 is 0. The van der Waals surface area contributed by atoms with Crippen LogP contribution in [0.3, 0.4) is 0 Å². The van der Waals surface area contributed by atoms with E-state index < -0.39 is 0 Å². The SMILES string of the molecule is COCCO[C@@H]1CCN(C(=O)c2ccnnc2)[C@@H]1Cc1cccnc1. The highest BCUT2D eigenvalue weighted by Gasteiger charge is 2.38. The molecule has 7 nitrogen and oxygen atoms in total. The van der Waals surface area contributed by atoms with Crippen LogP contribution in [0.2, 0.25) is 0 Å². The monoisotopic (exact) mass is 342 g/mol. The van der Waals surface area contributed by atoms with Gasteiger partial charge in [-0.2, -0.15) is 10.2 Å². The number of ether oxygens (including phenoxy) is 2. The molecule has 3 rings (SSSR count). The Bertz CT molecular complexity index is 669. The Morgan fingerprint density at radius 2 is 2.16 bits per heavy atom. The summed E-state index contributed by atoms with van der Waals surface area (Å²) in [4.78, 5) is 18.9. The molecule has 2 atom stereocenters. The zero-order valence-electron chi connectivity index (χ0n) is 14.2. The van der Waals surface area contributed by atoms with Crippen LogP contribution >= 0.6 is 0 Å². The number of carbonyl (C=O) groups excluding carboxylic acids is 1. The third kappa shape index (κ3) is 4.37. The van der Waals surface area contributed by atoms with Gasteiger partial charge in [0.2, 0.25) is 0 Å². The maximum Gasteiger partial charge on any atom is 0.255 e. The van der Waals surface area contributed by atoms with Crippen molar-refractivity contribution < 1.29 is 14.3 Å². The summed E-state index contributed by atoms with van der Waals surface area (Å²) in [7, 11) is 1.65. The van der Waals surface area contributed by atoms with Crippen molar-refractivity contribution in [2.45, 2.75) is 25.0 Å². The molecule has 1 aliphatic rings. The molecule has 1 amide bonds. The summed E-state index contributed by atoms with van der Waals surface area (Å²) in [6.45, 7) is 1.71. The van der Waals surface area contributed by atoms with E-state index >= 15 is 0 Å². The summed E-state index contributed by atoms with van der Waals surface area (Å²) < 4.78 is 11.0. The number of hydrogen-bond acceptors (Lipinski definition) is 6. The molecule has 0 radical (unpaired) electrons. The molecule has 0 bridgehead atoms. The van der Waals surface area contributed by atoms with Gasteiger partial charge >= 0.3 is 0 Å². The molecular weight excluding hydrogens is 320 g/mol. The molecule has 1 fully saturated rings. The van der Waals surface area contributed by atoms with E-state index in [1.807, 2.05) is 23.2 Å². The Kier molecular flexibility index (Phi) is 6.03. The van der Waals surface area contributed by atoms with E-state index in [0.29, 0.717) is 31.7 Å². The smallest absolute Gasteiger partial charge is 0.255 e. The van der Waals surface area contributed by atoms with Crippen molar-refractivity contribution in [2.75, 3.05) is 26.9 Å². The molecular formula is C18H22N4O3. The van der Waals surface area contributed by atoms with Gasteiger partial charge in [-0.15, -0.1) is 0 Å². The Balaban J connectivity index is 1.77. The summed E-state index contributed by atoms with van der Waals surface area (Å²) in [6.07, 6.45) is 8.11. The lowest BCUT2D eigenvalue weighted by Gasteiger charge is -2.28. The number of likely N-dealkylation sites (tertiary alicyclic amines) is 1. The minimum absolute atomic E-state index is 0.0193. The molecule has 1 aliphatic heterocycles. The molecule has 25 heavy (non-hydrogen) atoms. The Morgan fingerprint density at radius 1 is 1.24 bits per heavy atom. The molecule has 0 spiro atoms. The van der Waals surface area contributed by atoms with Crippen LogP contribution in [-0.2, 0) is 15.9 Å². The second kappa shape index (κ2) is 8.64. The molecule has 3 heterocycles. The average Bonchev–Trinajstić information content (AvgIpc) is 3.05. The van der Waals surface area contributed by atoms with Crippen molar-refractivity contribution in [3.63, 3.8) is 0 Å². The summed E-state index contributed by atoms with van der Waals surface area (Å²) in [6, 6.07) is 5.58. The third-order valence-corrected chi connectivity index (χ3v) is 4.36. The molecule has 2 aromatic rings. The highest BCUT2D eigenvalue weighted by atomic mass is 16.5. The standard InChI is InChI=1S/C18H22N4O3/c1-24-9-10-25-17-5-8-22(18(23)15-4-7-20-21-13-15)16(17)11-14-3-2-6-19-12-14/h2-4,6-7,12-13,16-17H,5,8-11H2,1H3/t16-,17-/m1/s1. The van der Waals surface area contributed by atoms with E-state index in [4.69, 9.17) is 9.47 Å². The first-order chi connectivity index (χ1) is 12.3. The molecule has 132 valence electrons. The van der Waals surface area contributed by atoms with Crippen molar-refractivity contribution in [3.05, 3.63) is 54.1 Å². The quantitative estimate of drug-likeness (QED) is 0.707. The molecule has 7 heteroatoms. The first-order valence-electron chi connectivity index (χ1n) is 8.36. The largest absolute Gasteiger partial charge is 0.382 e. The molecule has 0 aliphatic carbocycles. The molecule has 0 aromatic carbocycles. The maximum atomic E-state index is 12.9. The second-order valence-corrected chi connectivity index (χ2v) is 5.95. The number of carbonyl (C=O) groups is 1. The van der Waals surface area contributed by atoms with Crippen LogP contribution in [0.4, 0.5) is 0 Å². The van der Waals surface area contributed by atoms with Gasteiger partial charge in [-0.25, -0.2) is 0 Å². The van der Waals surface area contributed by atoms with Gasteiger partial charge in [-0.3, -0.25) is 9.78 Å². The lowest BCUT2D eigenvalue weighted by molar-refractivity contribution is 0.000474. The summed E-state index contributed by atoms with van der Waals surface area (Å²) in [5.74, 6) is -0.0402. The Morgan fingerprint density at radius 3 is 2.88 bits per heavy atom. The summed E-state index contributed by atoms with van der Waals surface area (Å²) in [5.41, 5.74) is 1.63. The normalized spacial score (nSPS) is 20.0. The van der Waals surface area contributed by atoms with Crippen LogP contribution < -0.4 is 0 Å². The van der Waals surface area contributed by atoms with Crippen molar-refractivity contribution in [2.24, 2.45) is 0 Å². The second-order valence-electron chi connectivity index (χ2n) is 5.95. The lowest BCUT2D eigenvalue weighted by Crippen LogP contribution is -2.42. The van der Waals surface area contributed by atoms with Crippen molar-refractivity contribution in [1.29, 1.82) is 0 Å². The number of aromatic nitrogens is 3. The zero-order valence-corrected chi connectivity index (χ0v) is 14.2. The topological polar surface area (TPSA) is 77.4 Å². The van der Waals surface area contributed by atoms with E-state index in [9.17, 15) is 4.79 Å². The molecule has 0 saturated carbocycles. The van der Waals surface area contributed by atoms with Gasteiger partial charge in [0.05, 0.1) is 43.3 Å². The van der Waals surface area contributed by atoms with E-state index in [-0.39, 0.29) is 18.1 Å². The van der Waals surface area contributed by atoms with Crippen LogP contribution in [0.1, 0.15) is 22.3 Å². The fraction of sp³-hybridized carbons (Fsp3) is 0.444. The van der Waals surface area contributed by atoms with Gasteiger partial charge in [0, 0.05) is 26.0 Å². The Hall–Kier alpha value is -2.38. The van der Waals surface area contributed by atoms with Gasteiger partial charge in [-0.05, 0) is 30.5 Å².